The maximum Gasteiger partial charge on any atom is 0.255 e. The van der Waals surface area contributed by atoms with Crippen molar-refractivity contribution in [3.8, 4) is 17.0 Å². The predicted molar refractivity (Wildman–Crippen MR) is 166 cm³/mol. The topological polar surface area (TPSA) is 124 Å². The van der Waals surface area contributed by atoms with Crippen LogP contribution in [0.4, 0.5) is 23.0 Å². The largest absolute Gasteiger partial charge is 0.493 e. The number of para-hydroxylation sites is 1. The van der Waals surface area contributed by atoms with Crippen molar-refractivity contribution in [1.29, 1.82) is 0 Å². The first kappa shape index (κ1) is 28.1. The van der Waals surface area contributed by atoms with Gasteiger partial charge in [0.15, 0.2) is 5.75 Å². The minimum absolute atomic E-state index is 0.229. The minimum Gasteiger partial charge on any atom is -0.493 e. The Labute approximate surface area is 243 Å². The van der Waals surface area contributed by atoms with Crippen LogP contribution in [0.3, 0.4) is 0 Å². The van der Waals surface area contributed by atoms with Crippen molar-refractivity contribution >= 4 is 45.7 Å². The lowest BCUT2D eigenvalue weighted by Gasteiger charge is -2.11. The summed E-state index contributed by atoms with van der Waals surface area (Å²) in [7, 11) is 5.44. The average molecular weight is 562 g/mol. The predicted octanol–water partition coefficient (Wildman–Crippen LogP) is 5.69. The van der Waals surface area contributed by atoms with Gasteiger partial charge in [-0.2, -0.15) is 0 Å². The van der Waals surface area contributed by atoms with Gasteiger partial charge in [-0.15, -0.1) is 0 Å². The molecule has 0 aliphatic carbocycles. The third kappa shape index (κ3) is 6.80. The van der Waals surface area contributed by atoms with Gasteiger partial charge in [0.25, 0.3) is 5.91 Å². The second kappa shape index (κ2) is 12.8. The number of benzene rings is 3. The van der Waals surface area contributed by atoms with Gasteiger partial charge in [0.2, 0.25) is 11.9 Å². The van der Waals surface area contributed by atoms with Gasteiger partial charge in [-0.3, -0.25) is 9.59 Å². The Morgan fingerprint density at radius 2 is 1.74 bits per heavy atom. The number of hydrogen-bond acceptors (Lipinski definition) is 7. The molecule has 2 amide bonds. The van der Waals surface area contributed by atoms with Crippen LogP contribution < -0.4 is 20.7 Å². The van der Waals surface area contributed by atoms with E-state index in [1.165, 1.54) is 6.08 Å². The highest BCUT2D eigenvalue weighted by atomic mass is 16.5. The fourth-order valence-electron chi connectivity index (χ4n) is 4.31. The maximum absolute atomic E-state index is 12.9. The summed E-state index contributed by atoms with van der Waals surface area (Å²) in [6.45, 7) is 0.669. The molecule has 4 N–H and O–H groups in total. The SMILES string of the molecule is COc1cnc(Nc2cccc(NC(=O)c3ccc(NC(=O)C=CCN(C)C)cc3)c2)nc1-c1c[nH]c2ccccc12. The molecule has 2 heterocycles. The van der Waals surface area contributed by atoms with E-state index in [0.29, 0.717) is 46.6 Å². The summed E-state index contributed by atoms with van der Waals surface area (Å²) in [5, 5.41) is 9.94. The van der Waals surface area contributed by atoms with E-state index in [0.717, 1.165) is 16.5 Å². The third-order valence-electron chi connectivity index (χ3n) is 6.35. The lowest BCUT2D eigenvalue weighted by atomic mass is 10.1. The van der Waals surface area contributed by atoms with Crippen LogP contribution in [0.25, 0.3) is 22.2 Å². The van der Waals surface area contributed by atoms with Crippen molar-refractivity contribution in [2.75, 3.05) is 43.7 Å². The van der Waals surface area contributed by atoms with Crippen molar-refractivity contribution in [3.63, 3.8) is 0 Å². The molecule has 0 aliphatic heterocycles. The molecule has 0 radical (unpaired) electrons. The second-order valence-electron chi connectivity index (χ2n) is 9.75. The van der Waals surface area contributed by atoms with Crippen LogP contribution in [0.1, 0.15) is 10.4 Å². The van der Waals surface area contributed by atoms with Crippen LogP contribution >= 0.6 is 0 Å². The van der Waals surface area contributed by atoms with Gasteiger partial charge < -0.3 is 30.6 Å². The molecule has 0 unspecified atom stereocenters. The summed E-state index contributed by atoms with van der Waals surface area (Å²) >= 11 is 0. The van der Waals surface area contributed by atoms with Crippen molar-refractivity contribution in [1.82, 2.24) is 19.9 Å². The molecule has 10 heteroatoms. The molecule has 0 spiro atoms. The number of rotatable bonds is 10. The van der Waals surface area contributed by atoms with Gasteiger partial charge in [0.05, 0.1) is 13.3 Å². The number of methoxy groups -OCH3 is 1. The first-order chi connectivity index (χ1) is 20.4. The Balaban J connectivity index is 1.26. The van der Waals surface area contributed by atoms with Crippen LogP contribution in [0.2, 0.25) is 0 Å². The van der Waals surface area contributed by atoms with Gasteiger partial charge in [-0.25, -0.2) is 9.97 Å². The molecule has 0 bridgehead atoms. The van der Waals surface area contributed by atoms with E-state index in [1.54, 1.807) is 55.8 Å². The van der Waals surface area contributed by atoms with E-state index >= 15 is 0 Å². The molecule has 42 heavy (non-hydrogen) atoms. The first-order valence-corrected chi connectivity index (χ1v) is 13.3. The quantitative estimate of drug-likeness (QED) is 0.162. The minimum atomic E-state index is -0.279. The fourth-order valence-corrected chi connectivity index (χ4v) is 4.31. The number of H-pyrrole nitrogens is 1. The number of likely N-dealkylation sites (N-methyl/N-ethyl adjacent to an activating group) is 1. The van der Waals surface area contributed by atoms with Gasteiger partial charge >= 0.3 is 0 Å². The highest BCUT2D eigenvalue weighted by molar-refractivity contribution is 6.05. The zero-order chi connectivity index (χ0) is 29.5. The monoisotopic (exact) mass is 561 g/mol. The molecule has 2 aromatic heterocycles. The molecular formula is C32H31N7O3. The molecule has 5 rings (SSSR count). The number of aromatic nitrogens is 3. The van der Waals surface area contributed by atoms with Crippen molar-refractivity contribution in [3.05, 3.63) is 103 Å². The van der Waals surface area contributed by atoms with Gasteiger partial charge in [-0.05, 0) is 62.6 Å². The molecule has 0 fully saturated rings. The molecule has 0 atom stereocenters. The molecule has 212 valence electrons. The summed E-state index contributed by atoms with van der Waals surface area (Å²) in [5.74, 6) is 0.428. The Bertz CT molecular complexity index is 1740. The summed E-state index contributed by atoms with van der Waals surface area (Å²) in [6, 6.07) is 22.0. The standard InChI is InChI=1S/C32H31N7O3/c1-39(2)17-7-12-29(40)35-22-15-13-21(14-16-22)31(41)36-23-8-6-9-24(18-23)37-32-34-20-28(42-3)30(38-32)26-19-33-27-11-5-4-10-25(26)27/h4-16,18-20,33H,17H2,1-3H3,(H,35,40)(H,36,41)(H,34,37,38). The van der Waals surface area contributed by atoms with Crippen LogP contribution in [0, 0.1) is 0 Å². The van der Waals surface area contributed by atoms with Crippen LogP contribution in [0.15, 0.2) is 97.3 Å². The fraction of sp³-hybridized carbons (Fsp3) is 0.125. The summed E-state index contributed by atoms with van der Waals surface area (Å²) in [6.07, 6.45) is 6.80. The first-order valence-electron chi connectivity index (χ1n) is 13.3. The number of hydrogen-bond donors (Lipinski definition) is 4. The van der Waals surface area contributed by atoms with E-state index in [9.17, 15) is 9.59 Å². The van der Waals surface area contributed by atoms with Crippen molar-refractivity contribution in [2.24, 2.45) is 0 Å². The lowest BCUT2D eigenvalue weighted by Crippen LogP contribution is -2.13. The van der Waals surface area contributed by atoms with Crippen molar-refractivity contribution in [2.45, 2.75) is 0 Å². The van der Waals surface area contributed by atoms with Gasteiger partial charge in [0.1, 0.15) is 5.69 Å². The Morgan fingerprint density at radius 1 is 0.952 bits per heavy atom. The Hall–Kier alpha value is -5.48. The average Bonchev–Trinajstić information content (AvgIpc) is 3.41. The van der Waals surface area contributed by atoms with Crippen LogP contribution in [-0.2, 0) is 4.79 Å². The zero-order valence-corrected chi connectivity index (χ0v) is 23.5. The Morgan fingerprint density at radius 3 is 2.52 bits per heavy atom. The second-order valence-corrected chi connectivity index (χ2v) is 9.75. The van der Waals surface area contributed by atoms with Crippen molar-refractivity contribution < 1.29 is 14.3 Å². The number of anilines is 4. The Kier molecular flexibility index (Phi) is 8.55. The third-order valence-corrected chi connectivity index (χ3v) is 6.35. The molecule has 0 aliphatic rings. The van der Waals surface area contributed by atoms with E-state index in [2.05, 4.69) is 25.9 Å². The highest BCUT2D eigenvalue weighted by Gasteiger charge is 2.15. The van der Waals surface area contributed by atoms with E-state index in [1.807, 2.05) is 61.6 Å². The van der Waals surface area contributed by atoms with E-state index < -0.39 is 0 Å². The molecule has 3 aromatic carbocycles. The summed E-state index contributed by atoms with van der Waals surface area (Å²) in [5.41, 5.74) is 4.90. The number of fused-ring (bicyclic) bond motifs is 1. The van der Waals surface area contributed by atoms with E-state index in [4.69, 9.17) is 9.72 Å². The normalized spacial score (nSPS) is 11.1. The summed E-state index contributed by atoms with van der Waals surface area (Å²) < 4.78 is 5.54. The number of aromatic amines is 1. The number of nitrogens with zero attached hydrogens (tertiary/aromatic N) is 3. The highest BCUT2D eigenvalue weighted by Crippen LogP contribution is 2.34. The molecule has 0 saturated heterocycles. The molecular weight excluding hydrogens is 530 g/mol. The maximum atomic E-state index is 12.9. The smallest absolute Gasteiger partial charge is 0.255 e. The zero-order valence-electron chi connectivity index (χ0n) is 23.5. The van der Waals surface area contributed by atoms with E-state index in [-0.39, 0.29) is 11.8 Å². The number of nitrogens with one attached hydrogen (secondary N) is 4. The molecule has 10 nitrogen and oxygen atoms in total. The number of carbonyl (C=O) groups is 2. The van der Waals surface area contributed by atoms with Gasteiger partial charge in [-0.1, -0.05) is 30.3 Å². The number of carbonyl (C=O) groups excluding carboxylic acids is 2. The molecule has 0 saturated carbocycles. The molecule has 5 aromatic rings. The summed E-state index contributed by atoms with van der Waals surface area (Å²) in [4.78, 5) is 39.3. The van der Waals surface area contributed by atoms with Crippen LogP contribution in [-0.4, -0.2) is 59.4 Å². The number of amides is 2. The number of ether oxygens (including phenoxy) is 1. The van der Waals surface area contributed by atoms with Crippen LogP contribution in [0.5, 0.6) is 5.75 Å². The van der Waals surface area contributed by atoms with Gasteiger partial charge in [0, 0.05) is 57.9 Å². The lowest BCUT2D eigenvalue weighted by molar-refractivity contribution is -0.111.